The van der Waals surface area contributed by atoms with Crippen molar-refractivity contribution in [2.45, 2.75) is 5.54 Å². The number of rotatable bonds is 3. The molecule has 1 aromatic rings. The lowest BCUT2D eigenvalue weighted by Crippen LogP contribution is -2.66. The third-order valence-corrected chi connectivity index (χ3v) is 3.91. The maximum atomic E-state index is 8.77. The number of anilines is 1. The third kappa shape index (κ3) is 2.61. The topological polar surface area (TPSA) is 70.4 Å². The van der Waals surface area contributed by atoms with Gasteiger partial charge in [-0.1, -0.05) is 0 Å². The van der Waals surface area contributed by atoms with E-state index in [9.17, 15) is 0 Å². The van der Waals surface area contributed by atoms with Crippen LogP contribution in [-0.2, 0) is 9.47 Å². The molecule has 2 aliphatic heterocycles. The summed E-state index contributed by atoms with van der Waals surface area (Å²) in [6.45, 7) is 5.56. The number of morpholine rings is 2. The lowest BCUT2D eigenvalue weighted by molar-refractivity contribution is -0.135. The Bertz CT molecular complexity index is 485. The molecule has 1 N–H and O–H groups in total. The fourth-order valence-electron chi connectivity index (χ4n) is 2.72. The number of fused-ring (bicyclic) bond motifs is 1. The fraction of sp³-hybridized carbons (Fsp3) is 0.571. The van der Waals surface area contributed by atoms with Crippen LogP contribution in [0.1, 0.15) is 5.56 Å². The minimum absolute atomic E-state index is 0.105. The number of nitriles is 1. The average molecular weight is 274 g/mol. The minimum atomic E-state index is -0.105. The maximum absolute atomic E-state index is 8.77. The van der Waals surface area contributed by atoms with E-state index in [1.807, 2.05) is 6.07 Å². The molecule has 0 aromatic carbocycles. The molecule has 6 heteroatoms. The second-order valence-electron chi connectivity index (χ2n) is 5.21. The van der Waals surface area contributed by atoms with E-state index in [-0.39, 0.29) is 5.54 Å². The first-order valence-corrected chi connectivity index (χ1v) is 6.83. The molecular weight excluding hydrogens is 256 g/mol. The summed E-state index contributed by atoms with van der Waals surface area (Å²) in [5.41, 5.74) is 0.462. The van der Waals surface area contributed by atoms with E-state index < -0.39 is 0 Å². The highest BCUT2D eigenvalue weighted by Crippen LogP contribution is 2.24. The first-order valence-electron chi connectivity index (χ1n) is 6.83. The molecule has 2 saturated heterocycles. The van der Waals surface area contributed by atoms with Gasteiger partial charge >= 0.3 is 0 Å². The van der Waals surface area contributed by atoms with Gasteiger partial charge in [-0.15, -0.1) is 0 Å². The Balaban J connectivity index is 1.67. The average Bonchev–Trinajstić information content (AvgIpc) is 2.53. The van der Waals surface area contributed by atoms with Crippen molar-refractivity contribution in [2.75, 3.05) is 51.4 Å². The van der Waals surface area contributed by atoms with Gasteiger partial charge in [0.25, 0.3) is 0 Å². The normalized spacial score (nSPS) is 21.8. The van der Waals surface area contributed by atoms with Crippen molar-refractivity contribution >= 4 is 5.82 Å². The van der Waals surface area contributed by atoms with Gasteiger partial charge in [-0.3, -0.25) is 4.90 Å². The maximum Gasteiger partial charge on any atom is 0.126 e. The Morgan fingerprint density at radius 3 is 2.65 bits per heavy atom. The summed E-state index contributed by atoms with van der Waals surface area (Å²) in [4.78, 5) is 6.68. The van der Waals surface area contributed by atoms with Gasteiger partial charge in [0.2, 0.25) is 0 Å². The van der Waals surface area contributed by atoms with Crippen LogP contribution in [0.3, 0.4) is 0 Å². The molecule has 0 bridgehead atoms. The van der Waals surface area contributed by atoms with Crippen LogP contribution in [0.15, 0.2) is 18.3 Å². The van der Waals surface area contributed by atoms with Crippen LogP contribution < -0.4 is 5.32 Å². The molecule has 0 radical (unpaired) electrons. The van der Waals surface area contributed by atoms with Crippen molar-refractivity contribution in [1.82, 2.24) is 9.88 Å². The van der Waals surface area contributed by atoms with Crippen LogP contribution in [0.2, 0.25) is 0 Å². The molecule has 0 atom stereocenters. The van der Waals surface area contributed by atoms with Crippen LogP contribution in [-0.4, -0.2) is 61.5 Å². The van der Waals surface area contributed by atoms with Crippen LogP contribution in [0, 0.1) is 11.3 Å². The number of ether oxygens (including phenoxy) is 2. The molecule has 6 nitrogen and oxygen atoms in total. The molecule has 0 spiro atoms. The van der Waals surface area contributed by atoms with Crippen LogP contribution in [0.4, 0.5) is 5.82 Å². The molecule has 106 valence electrons. The van der Waals surface area contributed by atoms with Crippen molar-refractivity contribution in [3.63, 3.8) is 0 Å². The van der Waals surface area contributed by atoms with Gasteiger partial charge in [0, 0.05) is 25.8 Å². The standard InChI is InChI=1S/C14H18N4O2/c15-7-12-1-2-13(16-8-12)17-9-14-10-19-5-3-18(14)4-6-20-11-14/h1-2,8H,3-6,9-11H2,(H,16,17). The first-order chi connectivity index (χ1) is 9.82. The highest BCUT2D eigenvalue weighted by molar-refractivity contribution is 5.39. The third-order valence-electron chi connectivity index (χ3n) is 3.91. The van der Waals surface area contributed by atoms with Gasteiger partial charge < -0.3 is 14.8 Å². The van der Waals surface area contributed by atoms with E-state index in [1.54, 1.807) is 12.3 Å². The molecule has 1 aromatic heterocycles. The van der Waals surface area contributed by atoms with E-state index in [0.717, 1.165) is 38.7 Å². The Morgan fingerprint density at radius 2 is 2.05 bits per heavy atom. The molecule has 0 saturated carbocycles. The molecule has 3 heterocycles. The van der Waals surface area contributed by atoms with E-state index >= 15 is 0 Å². The quantitative estimate of drug-likeness (QED) is 0.864. The smallest absolute Gasteiger partial charge is 0.126 e. The van der Waals surface area contributed by atoms with Crippen molar-refractivity contribution < 1.29 is 9.47 Å². The number of hydrogen-bond acceptors (Lipinski definition) is 6. The number of nitrogens with zero attached hydrogens (tertiary/aromatic N) is 3. The van der Waals surface area contributed by atoms with E-state index in [4.69, 9.17) is 14.7 Å². The first kappa shape index (κ1) is 13.3. The summed E-state index contributed by atoms with van der Waals surface area (Å²) in [5, 5.41) is 12.1. The molecular formula is C14H18N4O2. The fourth-order valence-corrected chi connectivity index (χ4v) is 2.72. The number of pyridine rings is 1. The van der Waals surface area contributed by atoms with Gasteiger partial charge in [-0.25, -0.2) is 4.98 Å². The predicted molar refractivity (Wildman–Crippen MR) is 73.4 cm³/mol. The Labute approximate surface area is 118 Å². The zero-order valence-corrected chi connectivity index (χ0v) is 11.3. The zero-order valence-electron chi connectivity index (χ0n) is 11.3. The van der Waals surface area contributed by atoms with Crippen molar-refractivity contribution in [3.8, 4) is 6.07 Å². The Hall–Kier alpha value is -1.68. The Kier molecular flexibility index (Phi) is 3.83. The van der Waals surface area contributed by atoms with Gasteiger partial charge in [0.1, 0.15) is 11.9 Å². The van der Waals surface area contributed by atoms with E-state index in [2.05, 4.69) is 21.3 Å². The molecule has 2 fully saturated rings. The number of aromatic nitrogens is 1. The Morgan fingerprint density at radius 1 is 1.30 bits per heavy atom. The van der Waals surface area contributed by atoms with Gasteiger partial charge in [-0.05, 0) is 12.1 Å². The lowest BCUT2D eigenvalue weighted by Gasteiger charge is -2.49. The number of nitrogens with one attached hydrogen (secondary N) is 1. The molecule has 0 unspecified atom stereocenters. The summed E-state index contributed by atoms with van der Waals surface area (Å²) in [7, 11) is 0. The van der Waals surface area contributed by atoms with E-state index in [0.29, 0.717) is 18.8 Å². The summed E-state index contributed by atoms with van der Waals surface area (Å²) in [6, 6.07) is 5.65. The second-order valence-corrected chi connectivity index (χ2v) is 5.21. The summed E-state index contributed by atoms with van der Waals surface area (Å²) in [6.07, 6.45) is 1.58. The summed E-state index contributed by atoms with van der Waals surface area (Å²) >= 11 is 0. The number of hydrogen-bond donors (Lipinski definition) is 1. The van der Waals surface area contributed by atoms with Crippen molar-refractivity contribution in [2.24, 2.45) is 0 Å². The summed E-state index contributed by atoms with van der Waals surface area (Å²) < 4.78 is 11.3. The van der Waals surface area contributed by atoms with E-state index in [1.165, 1.54) is 0 Å². The minimum Gasteiger partial charge on any atom is -0.378 e. The zero-order chi connectivity index (χ0) is 13.8. The van der Waals surface area contributed by atoms with Crippen LogP contribution >= 0.6 is 0 Å². The molecule has 0 amide bonds. The second kappa shape index (κ2) is 5.75. The molecule has 20 heavy (non-hydrogen) atoms. The monoisotopic (exact) mass is 274 g/mol. The van der Waals surface area contributed by atoms with Gasteiger partial charge in [-0.2, -0.15) is 5.26 Å². The van der Waals surface area contributed by atoms with Crippen LogP contribution in [0.5, 0.6) is 0 Å². The van der Waals surface area contributed by atoms with Crippen LogP contribution in [0.25, 0.3) is 0 Å². The molecule has 3 rings (SSSR count). The predicted octanol–water partition coefficient (Wildman–Crippen LogP) is 0.466. The molecule has 0 aliphatic carbocycles. The van der Waals surface area contributed by atoms with Gasteiger partial charge in [0.15, 0.2) is 0 Å². The van der Waals surface area contributed by atoms with Gasteiger partial charge in [0.05, 0.1) is 37.5 Å². The highest BCUT2D eigenvalue weighted by atomic mass is 16.5. The highest BCUT2D eigenvalue weighted by Gasteiger charge is 2.42. The van der Waals surface area contributed by atoms with Crippen molar-refractivity contribution in [3.05, 3.63) is 23.9 Å². The largest absolute Gasteiger partial charge is 0.378 e. The lowest BCUT2D eigenvalue weighted by atomic mass is 9.96. The SMILES string of the molecule is N#Cc1ccc(NCC23COCCN2CCOC3)nc1. The van der Waals surface area contributed by atoms with Crippen molar-refractivity contribution in [1.29, 1.82) is 5.26 Å². The summed E-state index contributed by atoms with van der Waals surface area (Å²) in [5.74, 6) is 0.773. The molecule has 2 aliphatic rings.